The Hall–Kier alpha value is -2.58. The average molecular weight is 304 g/mol. The normalized spacial score (nSPS) is 11.9. The van der Waals surface area contributed by atoms with E-state index in [-0.39, 0.29) is 0 Å². The van der Waals surface area contributed by atoms with Gasteiger partial charge in [-0.1, -0.05) is 66.7 Å². The summed E-state index contributed by atoms with van der Waals surface area (Å²) in [6.45, 7) is 2.54. The van der Waals surface area contributed by atoms with E-state index < -0.39 is 6.10 Å². The van der Waals surface area contributed by atoms with Crippen LogP contribution in [0.4, 0.5) is 0 Å². The zero-order valence-corrected chi connectivity index (χ0v) is 13.1. The molecular weight excluding hydrogens is 284 g/mol. The van der Waals surface area contributed by atoms with Crippen LogP contribution in [-0.2, 0) is 6.61 Å². The number of aliphatic hydroxyl groups is 1. The molecule has 1 N–H and O–H groups in total. The van der Waals surface area contributed by atoms with Crippen LogP contribution in [0, 0.1) is 6.92 Å². The molecule has 116 valence electrons. The molecule has 1 unspecified atom stereocenters. The van der Waals surface area contributed by atoms with Gasteiger partial charge in [0.2, 0.25) is 0 Å². The van der Waals surface area contributed by atoms with Gasteiger partial charge in [0.1, 0.15) is 18.5 Å². The molecule has 0 aliphatic rings. The van der Waals surface area contributed by atoms with Crippen LogP contribution < -0.4 is 4.74 Å². The highest BCUT2D eigenvalue weighted by molar-refractivity contribution is 5.40. The molecule has 23 heavy (non-hydrogen) atoms. The van der Waals surface area contributed by atoms with Gasteiger partial charge in [-0.05, 0) is 41.3 Å². The Kier molecular flexibility index (Phi) is 4.74. The minimum Gasteiger partial charge on any atom is -0.489 e. The van der Waals surface area contributed by atoms with E-state index in [1.54, 1.807) is 0 Å². The van der Waals surface area contributed by atoms with Gasteiger partial charge >= 0.3 is 0 Å². The number of aliphatic hydroxyl groups excluding tert-OH is 1. The third-order valence-electron chi connectivity index (χ3n) is 3.90. The topological polar surface area (TPSA) is 29.5 Å². The van der Waals surface area contributed by atoms with Crippen molar-refractivity contribution >= 4 is 0 Å². The molecule has 0 aromatic heterocycles. The summed E-state index contributed by atoms with van der Waals surface area (Å²) in [6.07, 6.45) is -0.612. The summed E-state index contributed by atoms with van der Waals surface area (Å²) < 4.78 is 5.83. The van der Waals surface area contributed by atoms with Crippen molar-refractivity contribution in [2.75, 3.05) is 0 Å². The molecule has 2 heteroatoms. The number of benzene rings is 3. The molecule has 0 aliphatic carbocycles. The standard InChI is InChI=1S/C21H20O2/c1-16-14-19(23-15-17-8-4-2-5-9-17)12-13-20(16)21(22)18-10-6-3-7-11-18/h2-14,21-22H,15H2,1H3. The van der Waals surface area contributed by atoms with Crippen LogP contribution in [-0.4, -0.2) is 5.11 Å². The monoisotopic (exact) mass is 304 g/mol. The Morgan fingerprint density at radius 1 is 0.870 bits per heavy atom. The molecule has 3 rings (SSSR count). The lowest BCUT2D eigenvalue weighted by Crippen LogP contribution is -2.02. The maximum Gasteiger partial charge on any atom is 0.120 e. The van der Waals surface area contributed by atoms with Gasteiger partial charge < -0.3 is 9.84 Å². The molecule has 0 spiro atoms. The number of ether oxygens (including phenoxy) is 1. The summed E-state index contributed by atoms with van der Waals surface area (Å²) in [5.41, 5.74) is 3.96. The molecule has 0 saturated heterocycles. The quantitative estimate of drug-likeness (QED) is 0.743. The second-order valence-electron chi connectivity index (χ2n) is 5.61. The van der Waals surface area contributed by atoms with Gasteiger partial charge in [0.05, 0.1) is 0 Å². The molecule has 0 aliphatic heterocycles. The summed E-state index contributed by atoms with van der Waals surface area (Å²) in [5, 5.41) is 10.5. The zero-order valence-electron chi connectivity index (χ0n) is 13.1. The maximum atomic E-state index is 10.5. The molecule has 3 aromatic rings. The molecule has 3 aromatic carbocycles. The Labute approximate surface area is 137 Å². The highest BCUT2D eigenvalue weighted by atomic mass is 16.5. The van der Waals surface area contributed by atoms with E-state index in [1.165, 1.54) is 0 Å². The molecule has 1 atom stereocenters. The van der Waals surface area contributed by atoms with Crippen LogP contribution in [0.5, 0.6) is 5.75 Å². The first-order valence-corrected chi connectivity index (χ1v) is 7.74. The molecule has 0 heterocycles. The Morgan fingerprint density at radius 2 is 1.52 bits per heavy atom. The van der Waals surface area contributed by atoms with Gasteiger partial charge in [0.25, 0.3) is 0 Å². The minimum atomic E-state index is -0.612. The van der Waals surface area contributed by atoms with E-state index >= 15 is 0 Å². The molecule has 0 bridgehead atoms. The predicted molar refractivity (Wildman–Crippen MR) is 92.5 cm³/mol. The van der Waals surface area contributed by atoms with E-state index in [9.17, 15) is 5.11 Å². The van der Waals surface area contributed by atoms with Crippen LogP contribution in [0.1, 0.15) is 28.4 Å². The first-order chi connectivity index (χ1) is 11.2. The van der Waals surface area contributed by atoms with Gasteiger partial charge in [-0.3, -0.25) is 0 Å². The number of aryl methyl sites for hydroxylation is 1. The lowest BCUT2D eigenvalue weighted by molar-refractivity contribution is 0.219. The van der Waals surface area contributed by atoms with E-state index in [2.05, 4.69) is 0 Å². The van der Waals surface area contributed by atoms with Gasteiger partial charge in [0.15, 0.2) is 0 Å². The Balaban J connectivity index is 1.73. The smallest absolute Gasteiger partial charge is 0.120 e. The third-order valence-corrected chi connectivity index (χ3v) is 3.90. The van der Waals surface area contributed by atoms with Crippen LogP contribution in [0.25, 0.3) is 0 Å². The van der Waals surface area contributed by atoms with Crippen molar-refractivity contribution in [3.05, 3.63) is 101 Å². The van der Waals surface area contributed by atoms with Gasteiger partial charge in [-0.15, -0.1) is 0 Å². The lowest BCUT2D eigenvalue weighted by Gasteiger charge is -2.15. The fourth-order valence-corrected chi connectivity index (χ4v) is 2.60. The van der Waals surface area contributed by atoms with E-state index in [0.717, 1.165) is 28.0 Å². The largest absolute Gasteiger partial charge is 0.489 e. The predicted octanol–water partition coefficient (Wildman–Crippen LogP) is 4.66. The average Bonchev–Trinajstić information content (AvgIpc) is 2.61. The van der Waals surface area contributed by atoms with Gasteiger partial charge in [-0.25, -0.2) is 0 Å². The first kappa shape index (κ1) is 15.3. The molecule has 0 saturated carbocycles. The fraction of sp³-hybridized carbons (Fsp3) is 0.143. The first-order valence-electron chi connectivity index (χ1n) is 7.74. The number of hydrogen-bond acceptors (Lipinski definition) is 2. The van der Waals surface area contributed by atoms with Crippen molar-refractivity contribution < 1.29 is 9.84 Å². The van der Waals surface area contributed by atoms with E-state index in [4.69, 9.17) is 4.74 Å². The lowest BCUT2D eigenvalue weighted by atomic mass is 9.97. The molecule has 0 radical (unpaired) electrons. The summed E-state index contributed by atoms with van der Waals surface area (Å²) in [7, 11) is 0. The van der Waals surface area contributed by atoms with E-state index in [1.807, 2.05) is 85.8 Å². The summed E-state index contributed by atoms with van der Waals surface area (Å²) in [6, 6.07) is 25.6. The molecule has 0 fully saturated rings. The maximum absolute atomic E-state index is 10.5. The highest BCUT2D eigenvalue weighted by Gasteiger charge is 2.13. The van der Waals surface area contributed by atoms with Gasteiger partial charge in [-0.2, -0.15) is 0 Å². The Morgan fingerprint density at radius 3 is 2.17 bits per heavy atom. The second kappa shape index (κ2) is 7.12. The van der Waals surface area contributed by atoms with Crippen LogP contribution in [0.2, 0.25) is 0 Å². The second-order valence-corrected chi connectivity index (χ2v) is 5.61. The van der Waals surface area contributed by atoms with Crippen molar-refractivity contribution in [2.24, 2.45) is 0 Å². The fourth-order valence-electron chi connectivity index (χ4n) is 2.60. The minimum absolute atomic E-state index is 0.543. The SMILES string of the molecule is Cc1cc(OCc2ccccc2)ccc1C(O)c1ccccc1. The van der Waals surface area contributed by atoms with Crippen molar-refractivity contribution in [1.82, 2.24) is 0 Å². The van der Waals surface area contributed by atoms with E-state index in [0.29, 0.717) is 6.61 Å². The van der Waals surface area contributed by atoms with Crippen LogP contribution >= 0.6 is 0 Å². The summed E-state index contributed by atoms with van der Waals surface area (Å²) >= 11 is 0. The number of hydrogen-bond donors (Lipinski definition) is 1. The van der Waals surface area contributed by atoms with Crippen LogP contribution in [0.3, 0.4) is 0 Å². The summed E-state index contributed by atoms with van der Waals surface area (Å²) in [4.78, 5) is 0. The summed E-state index contributed by atoms with van der Waals surface area (Å²) in [5.74, 6) is 0.815. The number of rotatable bonds is 5. The third kappa shape index (κ3) is 3.79. The molecule has 0 amide bonds. The van der Waals surface area contributed by atoms with Crippen molar-refractivity contribution in [2.45, 2.75) is 19.6 Å². The molecule has 2 nitrogen and oxygen atoms in total. The Bertz CT molecular complexity index is 751. The van der Waals surface area contributed by atoms with Crippen molar-refractivity contribution in [3.8, 4) is 5.75 Å². The van der Waals surface area contributed by atoms with Crippen molar-refractivity contribution in [1.29, 1.82) is 0 Å². The van der Waals surface area contributed by atoms with Gasteiger partial charge in [0, 0.05) is 0 Å². The highest BCUT2D eigenvalue weighted by Crippen LogP contribution is 2.27. The zero-order chi connectivity index (χ0) is 16.1. The van der Waals surface area contributed by atoms with Crippen LogP contribution in [0.15, 0.2) is 78.9 Å². The van der Waals surface area contributed by atoms with Crippen molar-refractivity contribution in [3.63, 3.8) is 0 Å². The molecular formula is C21H20O2.